The minimum Gasteiger partial charge on any atom is -0.396 e. The minimum atomic E-state index is 0.107. The molecule has 0 saturated heterocycles. The SMILES string of the molecule is CC[C@H](CO)CC(=O)C(C)C. The van der Waals surface area contributed by atoms with Crippen LogP contribution < -0.4 is 0 Å². The first-order valence-electron chi connectivity index (χ1n) is 4.25. The van der Waals surface area contributed by atoms with E-state index in [9.17, 15) is 4.79 Å². The number of rotatable bonds is 5. The molecule has 2 nitrogen and oxygen atoms in total. The van der Waals surface area contributed by atoms with Crippen molar-refractivity contribution in [3.8, 4) is 0 Å². The summed E-state index contributed by atoms with van der Waals surface area (Å²) in [5.74, 6) is 0.534. The third-order valence-electron chi connectivity index (χ3n) is 1.97. The summed E-state index contributed by atoms with van der Waals surface area (Å²) in [6, 6.07) is 0. The molecular weight excluding hydrogens is 140 g/mol. The molecular formula is C9H18O2. The molecule has 0 aromatic rings. The van der Waals surface area contributed by atoms with Gasteiger partial charge in [0, 0.05) is 18.9 Å². The van der Waals surface area contributed by atoms with E-state index < -0.39 is 0 Å². The van der Waals surface area contributed by atoms with Gasteiger partial charge in [0.15, 0.2) is 0 Å². The lowest BCUT2D eigenvalue weighted by Gasteiger charge is -2.11. The Bertz CT molecular complexity index is 115. The maximum atomic E-state index is 11.2. The van der Waals surface area contributed by atoms with Crippen molar-refractivity contribution in [2.24, 2.45) is 11.8 Å². The standard InChI is InChI=1S/C9H18O2/c1-4-8(6-10)5-9(11)7(2)3/h7-8,10H,4-6H2,1-3H3/t8-/m0/s1. The van der Waals surface area contributed by atoms with E-state index in [1.807, 2.05) is 20.8 Å². The van der Waals surface area contributed by atoms with Gasteiger partial charge in [-0.2, -0.15) is 0 Å². The van der Waals surface area contributed by atoms with Gasteiger partial charge in [-0.3, -0.25) is 4.79 Å². The van der Waals surface area contributed by atoms with Crippen molar-refractivity contribution in [2.75, 3.05) is 6.61 Å². The summed E-state index contributed by atoms with van der Waals surface area (Å²) >= 11 is 0. The van der Waals surface area contributed by atoms with Crippen molar-refractivity contribution in [1.82, 2.24) is 0 Å². The van der Waals surface area contributed by atoms with E-state index in [0.717, 1.165) is 6.42 Å². The van der Waals surface area contributed by atoms with Crippen LogP contribution in [0.3, 0.4) is 0 Å². The normalized spacial score (nSPS) is 13.5. The van der Waals surface area contributed by atoms with E-state index in [4.69, 9.17) is 5.11 Å². The van der Waals surface area contributed by atoms with Gasteiger partial charge in [-0.25, -0.2) is 0 Å². The molecule has 66 valence electrons. The average molecular weight is 158 g/mol. The van der Waals surface area contributed by atoms with E-state index in [1.54, 1.807) is 0 Å². The van der Waals surface area contributed by atoms with E-state index in [2.05, 4.69) is 0 Å². The lowest BCUT2D eigenvalue weighted by molar-refractivity contribution is -0.123. The van der Waals surface area contributed by atoms with Crippen molar-refractivity contribution in [1.29, 1.82) is 0 Å². The number of hydrogen-bond donors (Lipinski definition) is 1. The Kier molecular flexibility index (Phi) is 5.12. The quantitative estimate of drug-likeness (QED) is 0.660. The van der Waals surface area contributed by atoms with E-state index in [1.165, 1.54) is 0 Å². The number of aliphatic hydroxyl groups excluding tert-OH is 1. The molecule has 1 atom stereocenters. The second-order valence-electron chi connectivity index (χ2n) is 3.28. The third-order valence-corrected chi connectivity index (χ3v) is 1.97. The second kappa shape index (κ2) is 5.30. The van der Waals surface area contributed by atoms with Crippen LogP contribution in [-0.2, 0) is 4.79 Å². The molecule has 0 radical (unpaired) electrons. The summed E-state index contributed by atoms with van der Waals surface area (Å²) in [5.41, 5.74) is 0. The zero-order valence-electron chi connectivity index (χ0n) is 7.63. The fraction of sp³-hybridized carbons (Fsp3) is 0.889. The number of carbonyl (C=O) groups excluding carboxylic acids is 1. The predicted octanol–water partition coefficient (Wildman–Crippen LogP) is 1.62. The van der Waals surface area contributed by atoms with Crippen molar-refractivity contribution < 1.29 is 9.90 Å². The number of hydrogen-bond acceptors (Lipinski definition) is 2. The molecule has 11 heavy (non-hydrogen) atoms. The van der Waals surface area contributed by atoms with Gasteiger partial charge < -0.3 is 5.11 Å². The van der Waals surface area contributed by atoms with Crippen LogP contribution in [0.4, 0.5) is 0 Å². The monoisotopic (exact) mass is 158 g/mol. The van der Waals surface area contributed by atoms with Crippen molar-refractivity contribution in [3.05, 3.63) is 0 Å². The van der Waals surface area contributed by atoms with Gasteiger partial charge in [-0.05, 0) is 5.92 Å². The van der Waals surface area contributed by atoms with E-state index in [-0.39, 0.29) is 24.2 Å². The van der Waals surface area contributed by atoms with E-state index >= 15 is 0 Å². The zero-order valence-corrected chi connectivity index (χ0v) is 7.63. The van der Waals surface area contributed by atoms with Crippen LogP contribution in [0.15, 0.2) is 0 Å². The van der Waals surface area contributed by atoms with Gasteiger partial charge >= 0.3 is 0 Å². The minimum absolute atomic E-state index is 0.107. The summed E-state index contributed by atoms with van der Waals surface area (Å²) in [5, 5.41) is 8.80. The lowest BCUT2D eigenvalue weighted by atomic mass is 9.95. The van der Waals surface area contributed by atoms with E-state index in [0.29, 0.717) is 6.42 Å². The highest BCUT2D eigenvalue weighted by molar-refractivity contribution is 5.80. The number of carbonyl (C=O) groups is 1. The summed E-state index contributed by atoms with van der Waals surface area (Å²) < 4.78 is 0. The van der Waals surface area contributed by atoms with Gasteiger partial charge in [0.25, 0.3) is 0 Å². The van der Waals surface area contributed by atoms with Crippen LogP contribution in [0.2, 0.25) is 0 Å². The van der Waals surface area contributed by atoms with Crippen molar-refractivity contribution >= 4 is 5.78 Å². The molecule has 0 aliphatic rings. The third kappa shape index (κ3) is 4.14. The molecule has 0 heterocycles. The van der Waals surface area contributed by atoms with Gasteiger partial charge in [0.1, 0.15) is 5.78 Å². The molecule has 0 fully saturated rings. The van der Waals surface area contributed by atoms with Crippen molar-refractivity contribution in [3.63, 3.8) is 0 Å². The molecule has 0 aliphatic heterocycles. The van der Waals surface area contributed by atoms with Crippen LogP contribution in [0, 0.1) is 11.8 Å². The molecule has 0 aliphatic carbocycles. The highest BCUT2D eigenvalue weighted by atomic mass is 16.3. The topological polar surface area (TPSA) is 37.3 Å². The Hall–Kier alpha value is -0.370. The number of Topliss-reactive ketones (excluding diaryl/α,β-unsaturated/α-hetero) is 1. The summed E-state index contributed by atoms with van der Waals surface area (Å²) in [4.78, 5) is 11.2. The van der Waals surface area contributed by atoms with Crippen molar-refractivity contribution in [2.45, 2.75) is 33.6 Å². The first-order valence-corrected chi connectivity index (χ1v) is 4.25. The van der Waals surface area contributed by atoms with Crippen LogP contribution in [0.1, 0.15) is 33.6 Å². The van der Waals surface area contributed by atoms with Crippen LogP contribution in [0.25, 0.3) is 0 Å². The highest BCUT2D eigenvalue weighted by Crippen LogP contribution is 2.11. The Labute approximate surface area is 68.6 Å². The molecule has 0 saturated carbocycles. The Morgan fingerprint density at radius 2 is 2.00 bits per heavy atom. The van der Waals surface area contributed by atoms with Gasteiger partial charge in [-0.1, -0.05) is 27.2 Å². The Balaban J connectivity index is 3.72. The number of aliphatic hydroxyl groups is 1. The molecule has 0 unspecified atom stereocenters. The van der Waals surface area contributed by atoms with Gasteiger partial charge in [0.05, 0.1) is 0 Å². The molecule has 1 N–H and O–H groups in total. The molecule has 0 aromatic heterocycles. The highest BCUT2D eigenvalue weighted by Gasteiger charge is 2.13. The molecule has 0 rings (SSSR count). The Morgan fingerprint density at radius 1 is 1.45 bits per heavy atom. The zero-order chi connectivity index (χ0) is 8.85. The van der Waals surface area contributed by atoms with Crippen LogP contribution in [-0.4, -0.2) is 17.5 Å². The van der Waals surface area contributed by atoms with Gasteiger partial charge in [0.2, 0.25) is 0 Å². The average Bonchev–Trinajstić information content (AvgIpc) is 1.99. The molecule has 0 spiro atoms. The van der Waals surface area contributed by atoms with Crippen LogP contribution in [0.5, 0.6) is 0 Å². The first kappa shape index (κ1) is 10.6. The largest absolute Gasteiger partial charge is 0.396 e. The molecule has 0 aromatic carbocycles. The smallest absolute Gasteiger partial charge is 0.135 e. The molecule has 0 bridgehead atoms. The Morgan fingerprint density at radius 3 is 2.27 bits per heavy atom. The van der Waals surface area contributed by atoms with Crippen LogP contribution >= 0.6 is 0 Å². The summed E-state index contributed by atoms with van der Waals surface area (Å²) in [6.07, 6.45) is 1.42. The summed E-state index contributed by atoms with van der Waals surface area (Å²) in [7, 11) is 0. The fourth-order valence-corrected chi connectivity index (χ4v) is 0.858. The second-order valence-corrected chi connectivity index (χ2v) is 3.28. The maximum Gasteiger partial charge on any atom is 0.135 e. The lowest BCUT2D eigenvalue weighted by Crippen LogP contribution is -2.15. The van der Waals surface area contributed by atoms with Gasteiger partial charge in [-0.15, -0.1) is 0 Å². The molecule has 0 amide bonds. The predicted molar refractivity (Wildman–Crippen MR) is 45.3 cm³/mol. The number of ketones is 1. The fourth-order valence-electron chi connectivity index (χ4n) is 0.858. The maximum absolute atomic E-state index is 11.2. The molecule has 2 heteroatoms. The summed E-state index contributed by atoms with van der Waals surface area (Å²) in [6.45, 7) is 5.92. The first-order chi connectivity index (χ1) is 5.11.